The van der Waals surface area contributed by atoms with Crippen LogP contribution in [0.4, 0.5) is 18.9 Å². The summed E-state index contributed by atoms with van der Waals surface area (Å²) in [7, 11) is -2.12. The Hall–Kier alpha value is -3.32. The van der Waals surface area contributed by atoms with Crippen molar-refractivity contribution in [2.45, 2.75) is 50.0 Å². The van der Waals surface area contributed by atoms with Crippen LogP contribution in [0.25, 0.3) is 0 Å². The average molecular weight is 654 g/mol. The predicted octanol–water partition coefficient (Wildman–Crippen LogP) is 5.44. The molecule has 3 aromatic rings. The van der Waals surface area contributed by atoms with Gasteiger partial charge in [0.05, 0.1) is 29.5 Å². The number of sulfonamides is 1. The van der Waals surface area contributed by atoms with Crippen LogP contribution in [0.1, 0.15) is 30.5 Å². The zero-order valence-electron chi connectivity index (χ0n) is 24.5. The number of benzene rings is 3. The van der Waals surface area contributed by atoms with Gasteiger partial charge in [0.2, 0.25) is 5.91 Å². The number of fused-ring (bicyclic) bond motifs is 1. The maximum atomic E-state index is 13.5. The summed E-state index contributed by atoms with van der Waals surface area (Å²) in [6.07, 6.45) is -4.95. The molecular formula is C31H35ClF3N3O5S. The second-order valence-corrected chi connectivity index (χ2v) is 13.3. The van der Waals surface area contributed by atoms with E-state index in [1.807, 2.05) is 18.9 Å². The molecule has 44 heavy (non-hydrogen) atoms. The summed E-state index contributed by atoms with van der Waals surface area (Å²) >= 11 is 5.89. The number of carbonyl (C=O) groups is 1. The third-order valence-electron chi connectivity index (χ3n) is 7.52. The second-order valence-electron chi connectivity index (χ2n) is 11.2. The minimum Gasteiger partial charge on any atom is -0.488 e. The number of anilines is 1. The first-order chi connectivity index (χ1) is 20.7. The molecule has 4 rings (SSSR count). The summed E-state index contributed by atoms with van der Waals surface area (Å²) < 4.78 is 74.0. The van der Waals surface area contributed by atoms with Crippen LogP contribution in [-0.2, 0) is 34.0 Å². The standard InChI is InChI=1S/C31H35ClF3N3O5S/c1-20-16-38(21(2)19-39)30(40)15-23-14-26(36-44(41,42)27-11-8-25(32)9-12-27)10-13-28(23)43-29(20)18-37(3)17-22-4-6-24(7-5-22)31(33,34)35/h4-14,20-21,29,36,39H,15-19H2,1-3H3/t20-,21-,29+/m0/s1. The Morgan fingerprint density at radius 2 is 1.77 bits per heavy atom. The van der Waals surface area contributed by atoms with Gasteiger partial charge in [0.25, 0.3) is 10.0 Å². The molecule has 1 amide bonds. The summed E-state index contributed by atoms with van der Waals surface area (Å²) in [4.78, 5) is 17.0. The quantitative estimate of drug-likeness (QED) is 0.319. The average Bonchev–Trinajstić information content (AvgIpc) is 3.00. The van der Waals surface area contributed by atoms with Crippen molar-refractivity contribution in [1.29, 1.82) is 0 Å². The molecule has 0 spiro atoms. The van der Waals surface area contributed by atoms with E-state index in [0.717, 1.165) is 12.1 Å². The monoisotopic (exact) mass is 653 g/mol. The molecule has 0 saturated carbocycles. The Bertz CT molecular complexity index is 1550. The molecule has 0 saturated heterocycles. The van der Waals surface area contributed by atoms with Gasteiger partial charge in [0, 0.05) is 41.8 Å². The van der Waals surface area contributed by atoms with E-state index in [0.29, 0.717) is 41.5 Å². The van der Waals surface area contributed by atoms with Crippen LogP contribution in [-0.4, -0.2) is 68.1 Å². The van der Waals surface area contributed by atoms with E-state index in [-0.39, 0.29) is 35.4 Å². The second kappa shape index (κ2) is 13.8. The van der Waals surface area contributed by atoms with Crippen LogP contribution < -0.4 is 9.46 Å². The Balaban J connectivity index is 1.60. The van der Waals surface area contributed by atoms with Gasteiger partial charge < -0.3 is 14.7 Å². The van der Waals surface area contributed by atoms with E-state index >= 15 is 0 Å². The number of halogens is 4. The number of aliphatic hydroxyl groups excluding tert-OH is 1. The van der Waals surface area contributed by atoms with E-state index in [2.05, 4.69) is 4.72 Å². The molecule has 238 valence electrons. The Kier molecular flexibility index (Phi) is 10.5. The van der Waals surface area contributed by atoms with Crippen LogP contribution in [0, 0.1) is 5.92 Å². The topological polar surface area (TPSA) is 99.2 Å². The number of rotatable bonds is 9. The molecule has 8 nitrogen and oxygen atoms in total. The van der Waals surface area contributed by atoms with Crippen molar-refractivity contribution < 1.29 is 36.2 Å². The smallest absolute Gasteiger partial charge is 0.416 e. The van der Waals surface area contributed by atoms with E-state index in [1.54, 1.807) is 30.0 Å². The van der Waals surface area contributed by atoms with Gasteiger partial charge in [-0.05, 0) is 74.1 Å². The minimum atomic E-state index is -4.41. The van der Waals surface area contributed by atoms with Gasteiger partial charge in [-0.3, -0.25) is 14.4 Å². The lowest BCUT2D eigenvalue weighted by atomic mass is 10.0. The highest BCUT2D eigenvalue weighted by Gasteiger charge is 2.32. The molecule has 3 atom stereocenters. The van der Waals surface area contributed by atoms with Crippen molar-refractivity contribution in [2.75, 3.05) is 31.5 Å². The van der Waals surface area contributed by atoms with Crippen LogP contribution in [0.15, 0.2) is 71.6 Å². The largest absolute Gasteiger partial charge is 0.488 e. The van der Waals surface area contributed by atoms with Crippen molar-refractivity contribution in [3.05, 3.63) is 88.4 Å². The SMILES string of the molecule is C[C@H]1CN([C@@H](C)CO)C(=O)Cc2cc(NS(=O)(=O)c3ccc(Cl)cc3)ccc2O[C@@H]1CN(C)Cc1ccc(C(F)(F)F)cc1. The van der Waals surface area contributed by atoms with Crippen molar-refractivity contribution in [1.82, 2.24) is 9.80 Å². The van der Waals surface area contributed by atoms with Gasteiger partial charge in [0.15, 0.2) is 0 Å². The van der Waals surface area contributed by atoms with Gasteiger partial charge in [-0.15, -0.1) is 0 Å². The number of nitrogens with one attached hydrogen (secondary N) is 1. The zero-order chi connectivity index (χ0) is 32.2. The number of alkyl halides is 3. The summed E-state index contributed by atoms with van der Waals surface area (Å²) in [5, 5.41) is 10.3. The van der Waals surface area contributed by atoms with Crippen LogP contribution in [0.5, 0.6) is 5.75 Å². The first kappa shape index (κ1) is 33.6. The fraction of sp³-hybridized carbons (Fsp3) is 0.387. The molecular weight excluding hydrogens is 619 g/mol. The Morgan fingerprint density at radius 3 is 2.39 bits per heavy atom. The molecule has 0 aromatic heterocycles. The molecule has 1 aliphatic heterocycles. The lowest BCUT2D eigenvalue weighted by Crippen LogP contribution is -2.47. The summed E-state index contributed by atoms with van der Waals surface area (Å²) in [6.45, 7) is 4.46. The number of hydrogen-bond donors (Lipinski definition) is 2. The molecule has 1 heterocycles. The summed E-state index contributed by atoms with van der Waals surface area (Å²) in [5.74, 6) is -0.0390. The highest BCUT2D eigenvalue weighted by Crippen LogP contribution is 2.31. The number of likely N-dealkylation sites (N-methyl/N-ethyl adjacent to an activating group) is 1. The molecule has 3 aromatic carbocycles. The molecule has 2 N–H and O–H groups in total. The molecule has 0 unspecified atom stereocenters. The number of ether oxygens (including phenoxy) is 1. The Labute approximate surface area is 260 Å². The van der Waals surface area contributed by atoms with E-state index in [1.165, 1.54) is 36.4 Å². The van der Waals surface area contributed by atoms with E-state index in [9.17, 15) is 31.5 Å². The molecule has 0 radical (unpaired) electrons. The van der Waals surface area contributed by atoms with Gasteiger partial charge in [-0.25, -0.2) is 8.42 Å². The molecule has 13 heteroatoms. The summed E-state index contributed by atoms with van der Waals surface area (Å²) in [5.41, 5.74) is 0.678. The number of amides is 1. The van der Waals surface area contributed by atoms with Gasteiger partial charge in [-0.2, -0.15) is 13.2 Å². The molecule has 1 aliphatic rings. The normalized spacial score (nSPS) is 18.6. The van der Waals surface area contributed by atoms with Crippen LogP contribution in [0.2, 0.25) is 5.02 Å². The first-order valence-corrected chi connectivity index (χ1v) is 15.9. The molecule has 0 fully saturated rings. The summed E-state index contributed by atoms with van der Waals surface area (Å²) in [6, 6.07) is 15.0. The van der Waals surface area contributed by atoms with Crippen molar-refractivity contribution in [2.24, 2.45) is 5.92 Å². The predicted molar refractivity (Wildman–Crippen MR) is 162 cm³/mol. The maximum absolute atomic E-state index is 13.5. The van der Waals surface area contributed by atoms with Gasteiger partial charge >= 0.3 is 6.18 Å². The fourth-order valence-electron chi connectivity index (χ4n) is 5.02. The van der Waals surface area contributed by atoms with Gasteiger partial charge in [0.1, 0.15) is 11.9 Å². The minimum absolute atomic E-state index is 0.0192. The zero-order valence-corrected chi connectivity index (χ0v) is 26.1. The third-order valence-corrected chi connectivity index (χ3v) is 9.17. The number of hydrogen-bond acceptors (Lipinski definition) is 6. The van der Waals surface area contributed by atoms with E-state index < -0.39 is 33.9 Å². The Morgan fingerprint density at radius 1 is 1.11 bits per heavy atom. The van der Waals surface area contributed by atoms with Crippen LogP contribution in [0.3, 0.4) is 0 Å². The fourth-order valence-corrected chi connectivity index (χ4v) is 6.20. The lowest BCUT2D eigenvalue weighted by Gasteiger charge is -2.34. The van der Waals surface area contributed by atoms with Crippen molar-refractivity contribution in [3.63, 3.8) is 0 Å². The van der Waals surface area contributed by atoms with Gasteiger partial charge in [-0.1, -0.05) is 30.7 Å². The highest BCUT2D eigenvalue weighted by atomic mass is 35.5. The van der Waals surface area contributed by atoms with Crippen LogP contribution >= 0.6 is 11.6 Å². The highest BCUT2D eigenvalue weighted by molar-refractivity contribution is 7.92. The number of aliphatic hydroxyl groups is 1. The molecule has 0 bridgehead atoms. The van der Waals surface area contributed by atoms with Crippen molar-refractivity contribution >= 4 is 33.2 Å². The number of nitrogens with zero attached hydrogens (tertiary/aromatic N) is 2. The number of carbonyl (C=O) groups excluding carboxylic acids is 1. The third kappa shape index (κ3) is 8.44. The first-order valence-electron chi connectivity index (χ1n) is 14.0. The maximum Gasteiger partial charge on any atom is 0.416 e. The lowest BCUT2D eigenvalue weighted by molar-refractivity contribution is -0.137. The van der Waals surface area contributed by atoms with E-state index in [4.69, 9.17) is 16.3 Å². The molecule has 0 aliphatic carbocycles. The van der Waals surface area contributed by atoms with Crippen molar-refractivity contribution in [3.8, 4) is 5.75 Å².